The third-order valence-corrected chi connectivity index (χ3v) is 20.2. The Balaban J connectivity index is 0.970. The lowest BCUT2D eigenvalue weighted by molar-refractivity contribution is -0.151. The van der Waals surface area contributed by atoms with E-state index in [4.69, 9.17) is 21.1 Å². The summed E-state index contributed by atoms with van der Waals surface area (Å²) in [4.78, 5) is 52.5. The maximum absolute atomic E-state index is 15.6. The molecule has 2 spiro atoms. The lowest BCUT2D eigenvalue weighted by atomic mass is 9.82. The fourth-order valence-electron chi connectivity index (χ4n) is 12.1. The quantitative estimate of drug-likeness (QED) is 0.140. The summed E-state index contributed by atoms with van der Waals surface area (Å²) in [7, 11) is -0.918. The monoisotopic (exact) mass is 923 g/mol. The number of ether oxygens (including phenoxy) is 2. The number of halogens is 1. The van der Waals surface area contributed by atoms with Crippen molar-refractivity contribution in [1.29, 1.82) is 0 Å². The molecular formula is C53H58ClN5O6Si. The predicted octanol–water partition coefficient (Wildman–Crippen LogP) is 7.38. The summed E-state index contributed by atoms with van der Waals surface area (Å²) >= 11 is 6.82. The number of carbonyl (C=O) groups is 3. The minimum absolute atomic E-state index is 0.0569. The molecule has 3 fully saturated rings. The number of amides is 3. The Labute approximate surface area is 393 Å². The first-order valence-corrected chi connectivity index (χ1v) is 26.7. The number of aliphatic hydroxyl groups excluding tert-OH is 1. The molecular weight excluding hydrogens is 866 g/mol. The van der Waals surface area contributed by atoms with E-state index in [9.17, 15) is 14.7 Å². The highest BCUT2D eigenvalue weighted by Gasteiger charge is 2.66. The van der Waals surface area contributed by atoms with Gasteiger partial charge in [0.2, 0.25) is 5.91 Å². The van der Waals surface area contributed by atoms with Crippen molar-refractivity contribution in [3.8, 4) is 5.75 Å². The SMILES string of the molecule is COc1ccc([Si](C)(C)[C@H]2[C@H](CC(=O)N3Cc4ccccc4C[C@H]3CO)O[C@@]3(C(=O)N(Cc4ccc(N5CN(c6ccccc6)C6(CCNCC6)C5=O)cc4)c4ccc(Cl)cc43)[C@@H]2C)cc1. The van der Waals surface area contributed by atoms with Gasteiger partial charge in [-0.3, -0.25) is 19.3 Å². The van der Waals surface area contributed by atoms with Crippen LogP contribution < -0.4 is 29.9 Å². The van der Waals surface area contributed by atoms with Gasteiger partial charge in [-0.05, 0) is 109 Å². The first-order valence-electron chi connectivity index (χ1n) is 23.3. The Morgan fingerprint density at radius 2 is 1.58 bits per heavy atom. The Kier molecular flexibility index (Phi) is 11.6. The van der Waals surface area contributed by atoms with Crippen molar-refractivity contribution in [2.24, 2.45) is 5.92 Å². The van der Waals surface area contributed by atoms with Gasteiger partial charge in [-0.2, -0.15) is 0 Å². The molecule has 0 bridgehead atoms. The summed E-state index contributed by atoms with van der Waals surface area (Å²) in [6.07, 6.45) is 1.47. The molecule has 2 N–H and O–H groups in total. The van der Waals surface area contributed by atoms with Crippen molar-refractivity contribution in [2.45, 2.75) is 87.6 Å². The fourth-order valence-corrected chi connectivity index (χ4v) is 16.3. The first-order chi connectivity index (χ1) is 31.9. The molecule has 13 heteroatoms. The molecule has 5 atom stereocenters. The molecule has 0 aliphatic carbocycles. The minimum Gasteiger partial charge on any atom is -0.497 e. The summed E-state index contributed by atoms with van der Waals surface area (Å²) in [5, 5.41) is 15.7. The zero-order valence-corrected chi connectivity index (χ0v) is 39.8. The number of hydrogen-bond acceptors (Lipinski definition) is 8. The average molecular weight is 925 g/mol. The Hall–Kier alpha value is -5.50. The van der Waals surface area contributed by atoms with Crippen LogP contribution in [0.25, 0.3) is 0 Å². The maximum atomic E-state index is 15.6. The number of fused-ring (bicyclic) bond motifs is 3. The summed E-state index contributed by atoms with van der Waals surface area (Å²) in [5.74, 6) is 0.231. The highest BCUT2D eigenvalue weighted by Crippen LogP contribution is 2.60. The summed E-state index contributed by atoms with van der Waals surface area (Å²) in [6.45, 7) is 9.24. The van der Waals surface area contributed by atoms with Gasteiger partial charge < -0.3 is 34.6 Å². The number of para-hydroxylation sites is 1. The maximum Gasteiger partial charge on any atom is 0.264 e. The number of nitrogens with zero attached hydrogens (tertiary/aromatic N) is 4. The lowest BCUT2D eigenvalue weighted by Crippen LogP contribution is -2.55. The second kappa shape index (κ2) is 17.3. The van der Waals surface area contributed by atoms with E-state index < -0.39 is 25.3 Å². The van der Waals surface area contributed by atoms with Gasteiger partial charge in [0.05, 0.1) is 59.3 Å². The normalized spacial score (nSPS) is 24.6. The highest BCUT2D eigenvalue weighted by atomic mass is 35.5. The zero-order valence-electron chi connectivity index (χ0n) is 38.1. The molecule has 5 aliphatic heterocycles. The van der Waals surface area contributed by atoms with Gasteiger partial charge in [-0.15, -0.1) is 0 Å². The molecule has 0 radical (unpaired) electrons. The zero-order chi connectivity index (χ0) is 46.0. The van der Waals surface area contributed by atoms with Crippen molar-refractivity contribution in [1.82, 2.24) is 10.2 Å². The third kappa shape index (κ3) is 7.23. The highest BCUT2D eigenvalue weighted by molar-refractivity contribution is 6.91. The second-order valence-electron chi connectivity index (χ2n) is 19.3. The smallest absolute Gasteiger partial charge is 0.264 e. The van der Waals surface area contributed by atoms with E-state index in [2.05, 4.69) is 60.6 Å². The van der Waals surface area contributed by atoms with Gasteiger partial charge in [0, 0.05) is 34.4 Å². The number of carbonyl (C=O) groups excluding carboxylic acids is 3. The average Bonchev–Trinajstić information content (AvgIpc) is 3.88. The molecule has 11 nitrogen and oxygen atoms in total. The minimum atomic E-state index is -2.57. The summed E-state index contributed by atoms with van der Waals surface area (Å²) in [5.41, 5.74) is 4.18. The van der Waals surface area contributed by atoms with Gasteiger partial charge in [-0.25, -0.2) is 0 Å². The number of piperidine rings is 1. The van der Waals surface area contributed by atoms with E-state index >= 15 is 4.79 Å². The van der Waals surface area contributed by atoms with E-state index in [1.165, 1.54) is 5.19 Å². The Morgan fingerprint density at radius 3 is 2.27 bits per heavy atom. The number of benzene rings is 5. The number of methoxy groups -OCH3 is 1. The topological polar surface area (TPSA) is 115 Å². The van der Waals surface area contributed by atoms with Crippen LogP contribution in [0.15, 0.2) is 121 Å². The molecule has 5 heterocycles. The van der Waals surface area contributed by atoms with Crippen molar-refractivity contribution in [3.63, 3.8) is 0 Å². The molecule has 10 rings (SSSR count). The van der Waals surface area contributed by atoms with Crippen LogP contribution in [-0.4, -0.2) is 87.0 Å². The number of anilines is 3. The van der Waals surface area contributed by atoms with Crippen molar-refractivity contribution in [3.05, 3.63) is 149 Å². The van der Waals surface area contributed by atoms with Crippen LogP contribution in [0, 0.1) is 5.92 Å². The van der Waals surface area contributed by atoms with Crippen LogP contribution in [0.2, 0.25) is 23.7 Å². The van der Waals surface area contributed by atoms with Gasteiger partial charge in [0.15, 0.2) is 5.60 Å². The van der Waals surface area contributed by atoms with Gasteiger partial charge in [-0.1, -0.05) is 104 Å². The summed E-state index contributed by atoms with van der Waals surface area (Å²) < 4.78 is 12.9. The standard InChI is InChI=1S/C53H58ClN5O6Si/c1-35-49(66(3,4)44-21-19-43(64-2)20-22-44)47(30-48(61)56-32-38-11-9-8-10-37(38)28-42(56)33-60)65-53(35)45-29-39(54)16-23-46(45)57(51(53)63)31-36-14-17-40(18-15-36)58-34-59(41-12-6-5-7-13-41)52(50(58)62)24-26-55-27-25-52/h5-23,29,35,42,47,49,55,60H,24-28,30-34H2,1-4H3/t35-,42+,47+,49-,53+/m1/s1. The predicted molar refractivity (Wildman–Crippen MR) is 261 cm³/mol. The van der Waals surface area contributed by atoms with Crippen LogP contribution >= 0.6 is 11.6 Å². The van der Waals surface area contributed by atoms with Crippen molar-refractivity contribution >= 4 is 59.6 Å². The van der Waals surface area contributed by atoms with Gasteiger partial charge in [0.25, 0.3) is 11.8 Å². The van der Waals surface area contributed by atoms with Crippen molar-refractivity contribution in [2.75, 3.05) is 48.2 Å². The second-order valence-corrected chi connectivity index (χ2v) is 24.5. The molecule has 5 aliphatic rings. The van der Waals surface area contributed by atoms with Crippen LogP contribution in [0.4, 0.5) is 17.1 Å². The summed E-state index contributed by atoms with van der Waals surface area (Å²) in [6, 6.07) is 39.7. The largest absolute Gasteiger partial charge is 0.497 e. The van der Waals surface area contributed by atoms with E-state index in [1.54, 1.807) is 12.0 Å². The molecule has 5 aromatic carbocycles. The van der Waals surface area contributed by atoms with Crippen LogP contribution in [0.1, 0.15) is 48.4 Å². The number of nitrogens with one attached hydrogen (secondary N) is 1. The van der Waals surface area contributed by atoms with E-state index in [1.807, 2.05) is 101 Å². The molecule has 66 heavy (non-hydrogen) atoms. The molecule has 0 saturated carbocycles. The number of hydrogen-bond donors (Lipinski definition) is 2. The van der Waals surface area contributed by atoms with Crippen LogP contribution in [0.5, 0.6) is 5.75 Å². The van der Waals surface area contributed by atoms with E-state index in [0.29, 0.717) is 30.2 Å². The molecule has 0 aromatic heterocycles. The first kappa shape index (κ1) is 44.3. The molecule has 0 unspecified atom stereocenters. The van der Waals surface area contributed by atoms with Crippen LogP contribution in [0.3, 0.4) is 0 Å². The Morgan fingerprint density at radius 1 is 0.879 bits per heavy atom. The molecule has 5 aromatic rings. The molecule has 3 amide bonds. The van der Waals surface area contributed by atoms with E-state index in [0.717, 1.165) is 65.4 Å². The fraction of sp³-hybridized carbons (Fsp3) is 0.377. The molecule has 3 saturated heterocycles. The number of aliphatic hydroxyl groups is 1. The lowest BCUT2D eigenvalue weighted by Gasteiger charge is -2.39. The van der Waals surface area contributed by atoms with Gasteiger partial charge >= 0.3 is 0 Å². The van der Waals surface area contributed by atoms with E-state index in [-0.39, 0.29) is 54.8 Å². The third-order valence-electron chi connectivity index (χ3n) is 15.6. The van der Waals surface area contributed by atoms with Gasteiger partial charge in [0.1, 0.15) is 11.3 Å². The van der Waals surface area contributed by atoms with Crippen molar-refractivity contribution < 1.29 is 29.0 Å². The number of rotatable bonds is 10. The Bertz CT molecular complexity index is 2640. The van der Waals surface area contributed by atoms with Crippen LogP contribution in [-0.2, 0) is 44.2 Å². The molecule has 342 valence electrons.